The third kappa shape index (κ3) is 5.93. The van der Waals surface area contributed by atoms with Crippen molar-refractivity contribution in [2.24, 2.45) is 5.73 Å². The summed E-state index contributed by atoms with van der Waals surface area (Å²) in [6.07, 6.45) is 3.31. The van der Waals surface area contributed by atoms with Gasteiger partial charge in [0.05, 0.1) is 6.61 Å². The number of carbonyl (C=O) groups is 2. The Labute approximate surface area is 90.6 Å². The van der Waals surface area contributed by atoms with E-state index in [0.29, 0.717) is 6.54 Å². The lowest BCUT2D eigenvalue weighted by molar-refractivity contribution is 0.116. The summed E-state index contributed by atoms with van der Waals surface area (Å²) in [6.45, 7) is 4.37. The van der Waals surface area contributed by atoms with Crippen LogP contribution in [0.5, 0.6) is 0 Å². The van der Waals surface area contributed by atoms with E-state index >= 15 is 0 Å². The molecule has 0 rings (SSSR count). The minimum absolute atomic E-state index is 0.248. The number of nitrogens with zero attached hydrogens (tertiary/aromatic N) is 1. The van der Waals surface area contributed by atoms with Crippen LogP contribution in [-0.4, -0.2) is 30.2 Å². The summed E-state index contributed by atoms with van der Waals surface area (Å²) in [6, 6.07) is -0.745. The van der Waals surface area contributed by atoms with Crippen LogP contribution in [0.15, 0.2) is 0 Å². The maximum atomic E-state index is 11.3. The summed E-state index contributed by atoms with van der Waals surface area (Å²) in [7, 11) is 0. The van der Waals surface area contributed by atoms with Crippen molar-refractivity contribution < 1.29 is 14.3 Å². The highest BCUT2D eigenvalue weighted by Crippen LogP contribution is 2.02. The van der Waals surface area contributed by atoms with Gasteiger partial charge in [0.25, 0.3) is 0 Å². The van der Waals surface area contributed by atoms with E-state index in [1.54, 1.807) is 6.92 Å². The maximum Gasteiger partial charge on any atom is 0.417 e. The summed E-state index contributed by atoms with van der Waals surface area (Å²) in [5.74, 6) is 0. The van der Waals surface area contributed by atoms with Gasteiger partial charge in [-0.05, 0) is 13.3 Å². The highest BCUT2D eigenvalue weighted by atomic mass is 16.6. The van der Waals surface area contributed by atoms with E-state index in [0.717, 1.165) is 30.6 Å². The highest BCUT2D eigenvalue weighted by Gasteiger charge is 2.18. The standard InChI is InChI=1S/C10H20N2O3/c1-3-5-6-7-8-12(9(11)13)10(14)15-4-2/h3-8H2,1-2H3,(H2,11,13). The zero-order valence-corrected chi connectivity index (χ0v) is 9.49. The van der Waals surface area contributed by atoms with Crippen LogP contribution in [0.25, 0.3) is 0 Å². The zero-order valence-electron chi connectivity index (χ0n) is 9.49. The first-order valence-electron chi connectivity index (χ1n) is 5.37. The average Bonchev–Trinajstić information content (AvgIpc) is 2.17. The van der Waals surface area contributed by atoms with Crippen molar-refractivity contribution in [3.63, 3.8) is 0 Å². The van der Waals surface area contributed by atoms with Crippen LogP contribution in [0, 0.1) is 0 Å². The molecule has 0 saturated heterocycles. The SMILES string of the molecule is CCCCCCN(C(N)=O)C(=O)OCC. The van der Waals surface area contributed by atoms with E-state index in [9.17, 15) is 9.59 Å². The maximum absolute atomic E-state index is 11.3. The van der Waals surface area contributed by atoms with Crippen molar-refractivity contribution >= 4 is 12.1 Å². The predicted octanol–water partition coefficient (Wildman–Crippen LogP) is 2.10. The van der Waals surface area contributed by atoms with E-state index < -0.39 is 12.1 Å². The topological polar surface area (TPSA) is 72.6 Å². The number of primary amides is 1. The monoisotopic (exact) mass is 216 g/mol. The predicted molar refractivity (Wildman–Crippen MR) is 57.5 cm³/mol. The number of carbonyl (C=O) groups excluding carboxylic acids is 2. The molecule has 5 heteroatoms. The number of rotatable bonds is 6. The van der Waals surface area contributed by atoms with Crippen LogP contribution in [-0.2, 0) is 4.74 Å². The molecule has 0 spiro atoms. The van der Waals surface area contributed by atoms with Gasteiger partial charge in [-0.15, -0.1) is 0 Å². The summed E-state index contributed by atoms with van der Waals surface area (Å²) in [4.78, 5) is 23.1. The lowest BCUT2D eigenvalue weighted by Gasteiger charge is -2.17. The van der Waals surface area contributed by atoms with Gasteiger partial charge in [-0.2, -0.15) is 0 Å². The van der Waals surface area contributed by atoms with Crippen molar-refractivity contribution in [2.45, 2.75) is 39.5 Å². The zero-order chi connectivity index (χ0) is 11.7. The molecule has 0 aliphatic rings. The number of nitrogens with two attached hydrogens (primary N) is 1. The molecule has 0 heterocycles. The van der Waals surface area contributed by atoms with E-state index in [2.05, 4.69) is 6.92 Å². The molecule has 0 aromatic carbocycles. The summed E-state index contributed by atoms with van der Waals surface area (Å²) >= 11 is 0. The largest absolute Gasteiger partial charge is 0.449 e. The highest BCUT2D eigenvalue weighted by molar-refractivity contribution is 5.89. The summed E-state index contributed by atoms with van der Waals surface area (Å²) < 4.78 is 4.71. The molecule has 0 fully saturated rings. The molecule has 0 bridgehead atoms. The van der Waals surface area contributed by atoms with Crippen LogP contribution < -0.4 is 5.73 Å². The third-order valence-corrected chi connectivity index (χ3v) is 1.99. The van der Waals surface area contributed by atoms with Crippen LogP contribution >= 0.6 is 0 Å². The fourth-order valence-electron chi connectivity index (χ4n) is 1.19. The van der Waals surface area contributed by atoms with Crippen molar-refractivity contribution in [3.05, 3.63) is 0 Å². The first kappa shape index (κ1) is 13.7. The van der Waals surface area contributed by atoms with E-state index in [1.165, 1.54) is 0 Å². The average molecular weight is 216 g/mol. The van der Waals surface area contributed by atoms with Crippen molar-refractivity contribution in [1.82, 2.24) is 4.90 Å². The van der Waals surface area contributed by atoms with Crippen LogP contribution in [0.4, 0.5) is 9.59 Å². The molecule has 2 N–H and O–H groups in total. The molecule has 0 aliphatic heterocycles. The van der Waals surface area contributed by atoms with E-state index in [-0.39, 0.29) is 6.61 Å². The molecule has 3 amide bonds. The molecule has 88 valence electrons. The van der Waals surface area contributed by atoms with Gasteiger partial charge in [0.1, 0.15) is 0 Å². The first-order chi connectivity index (χ1) is 7.13. The molecule has 15 heavy (non-hydrogen) atoms. The normalized spacial score (nSPS) is 9.73. The van der Waals surface area contributed by atoms with Gasteiger partial charge in [0, 0.05) is 6.54 Å². The van der Waals surface area contributed by atoms with Crippen LogP contribution in [0.1, 0.15) is 39.5 Å². The molecular weight excluding hydrogens is 196 g/mol. The minimum Gasteiger partial charge on any atom is -0.449 e. The molecule has 0 aromatic rings. The van der Waals surface area contributed by atoms with Crippen LogP contribution in [0.2, 0.25) is 0 Å². The molecule has 5 nitrogen and oxygen atoms in total. The fourth-order valence-corrected chi connectivity index (χ4v) is 1.19. The van der Waals surface area contributed by atoms with Gasteiger partial charge in [-0.1, -0.05) is 26.2 Å². The molecule has 0 unspecified atom stereocenters. The van der Waals surface area contributed by atoms with Gasteiger partial charge in [-0.3, -0.25) is 0 Å². The Balaban J connectivity index is 3.94. The molecule has 0 aliphatic carbocycles. The number of urea groups is 1. The van der Waals surface area contributed by atoms with Crippen molar-refractivity contribution in [2.75, 3.05) is 13.2 Å². The summed E-state index contributed by atoms with van der Waals surface area (Å²) in [5.41, 5.74) is 5.07. The number of hydrogen-bond donors (Lipinski definition) is 1. The fraction of sp³-hybridized carbons (Fsp3) is 0.800. The van der Waals surface area contributed by atoms with Gasteiger partial charge in [0.2, 0.25) is 0 Å². The molecule has 0 aromatic heterocycles. The Morgan fingerprint density at radius 3 is 2.33 bits per heavy atom. The Kier molecular flexibility index (Phi) is 7.40. The lowest BCUT2D eigenvalue weighted by atomic mass is 10.2. The van der Waals surface area contributed by atoms with Gasteiger partial charge in [-0.25, -0.2) is 14.5 Å². The van der Waals surface area contributed by atoms with E-state index in [4.69, 9.17) is 10.5 Å². The molecule has 0 atom stereocenters. The van der Waals surface area contributed by atoms with Crippen LogP contribution in [0.3, 0.4) is 0 Å². The Bertz CT molecular complexity index is 207. The first-order valence-corrected chi connectivity index (χ1v) is 5.37. The number of ether oxygens (including phenoxy) is 1. The molecule has 0 saturated carbocycles. The number of hydrogen-bond acceptors (Lipinski definition) is 3. The second kappa shape index (κ2) is 8.08. The summed E-state index contributed by atoms with van der Waals surface area (Å²) in [5, 5.41) is 0. The smallest absolute Gasteiger partial charge is 0.417 e. The molecule has 0 radical (unpaired) electrons. The van der Waals surface area contributed by atoms with Crippen molar-refractivity contribution in [1.29, 1.82) is 0 Å². The van der Waals surface area contributed by atoms with Gasteiger partial charge < -0.3 is 10.5 Å². The van der Waals surface area contributed by atoms with Gasteiger partial charge >= 0.3 is 12.1 Å². The number of unbranched alkanes of at least 4 members (excludes halogenated alkanes) is 3. The number of amides is 3. The van der Waals surface area contributed by atoms with Crippen molar-refractivity contribution in [3.8, 4) is 0 Å². The Morgan fingerprint density at radius 1 is 1.20 bits per heavy atom. The second-order valence-electron chi connectivity index (χ2n) is 3.25. The third-order valence-electron chi connectivity index (χ3n) is 1.99. The second-order valence-corrected chi connectivity index (χ2v) is 3.25. The quantitative estimate of drug-likeness (QED) is 0.691. The van der Waals surface area contributed by atoms with Gasteiger partial charge in [0.15, 0.2) is 0 Å². The molecular formula is C10H20N2O3. The number of imide groups is 1. The Hall–Kier alpha value is -1.26. The van der Waals surface area contributed by atoms with E-state index in [1.807, 2.05) is 0 Å². The Morgan fingerprint density at radius 2 is 1.87 bits per heavy atom. The lowest BCUT2D eigenvalue weighted by Crippen LogP contribution is -2.41. The minimum atomic E-state index is -0.745.